The first kappa shape index (κ1) is 15.1. The Labute approximate surface area is 114 Å². The molecule has 5 heteroatoms. The van der Waals surface area contributed by atoms with E-state index < -0.39 is 0 Å². The molecule has 0 aliphatic rings. The number of hydrogen-bond donors (Lipinski definition) is 2. The van der Waals surface area contributed by atoms with Gasteiger partial charge in [-0.15, -0.1) is 0 Å². The van der Waals surface area contributed by atoms with E-state index in [0.29, 0.717) is 30.3 Å². The maximum atomic E-state index is 11.6. The molecule has 0 unspecified atom stereocenters. The van der Waals surface area contributed by atoms with Crippen LogP contribution in [0.1, 0.15) is 20.8 Å². The zero-order chi connectivity index (χ0) is 14.5. The van der Waals surface area contributed by atoms with Gasteiger partial charge in [-0.1, -0.05) is 20.8 Å². The molecule has 0 saturated carbocycles. The summed E-state index contributed by atoms with van der Waals surface area (Å²) in [5.41, 5.74) is 5.88. The van der Waals surface area contributed by atoms with Gasteiger partial charge in [0.15, 0.2) is 11.5 Å². The van der Waals surface area contributed by atoms with Gasteiger partial charge in [-0.3, -0.25) is 4.79 Å². The number of nitrogen functional groups attached to an aromatic ring is 1. The van der Waals surface area contributed by atoms with Crippen LogP contribution < -0.4 is 20.5 Å². The van der Waals surface area contributed by atoms with Crippen LogP contribution >= 0.6 is 0 Å². The molecule has 0 aliphatic carbocycles. The molecule has 3 N–H and O–H groups in total. The largest absolute Gasteiger partial charge is 0.493 e. The number of carbonyl (C=O) groups is 1. The zero-order valence-electron chi connectivity index (χ0n) is 11.9. The Hall–Kier alpha value is -1.91. The van der Waals surface area contributed by atoms with Gasteiger partial charge in [-0.05, 0) is 12.1 Å². The van der Waals surface area contributed by atoms with E-state index >= 15 is 0 Å². The van der Waals surface area contributed by atoms with E-state index in [1.54, 1.807) is 25.3 Å². The lowest BCUT2D eigenvalue weighted by Gasteiger charge is -2.18. The lowest BCUT2D eigenvalue weighted by Crippen LogP contribution is -2.37. The van der Waals surface area contributed by atoms with Crippen molar-refractivity contribution >= 4 is 11.6 Å². The lowest BCUT2D eigenvalue weighted by atomic mass is 9.96. The van der Waals surface area contributed by atoms with Crippen molar-refractivity contribution in [1.29, 1.82) is 0 Å². The van der Waals surface area contributed by atoms with Gasteiger partial charge in [-0.2, -0.15) is 0 Å². The Bertz CT molecular complexity index is 439. The van der Waals surface area contributed by atoms with Crippen LogP contribution in [0.3, 0.4) is 0 Å². The van der Waals surface area contributed by atoms with Crippen LogP contribution in [0.15, 0.2) is 18.2 Å². The Kier molecular flexibility index (Phi) is 5.03. The molecular formula is C14H22N2O3. The lowest BCUT2D eigenvalue weighted by molar-refractivity contribution is -0.128. The van der Waals surface area contributed by atoms with Crippen molar-refractivity contribution in [3.63, 3.8) is 0 Å². The Morgan fingerprint density at radius 3 is 2.58 bits per heavy atom. The average molecular weight is 266 g/mol. The van der Waals surface area contributed by atoms with E-state index in [-0.39, 0.29) is 11.3 Å². The maximum Gasteiger partial charge on any atom is 0.225 e. The molecule has 106 valence electrons. The summed E-state index contributed by atoms with van der Waals surface area (Å²) >= 11 is 0. The van der Waals surface area contributed by atoms with Crippen molar-refractivity contribution in [1.82, 2.24) is 5.32 Å². The summed E-state index contributed by atoms with van der Waals surface area (Å²) in [5.74, 6) is 1.20. The number of hydrogen-bond acceptors (Lipinski definition) is 4. The second-order valence-corrected chi connectivity index (χ2v) is 5.26. The van der Waals surface area contributed by atoms with Crippen molar-refractivity contribution in [2.45, 2.75) is 20.8 Å². The fourth-order valence-corrected chi connectivity index (χ4v) is 1.39. The number of amides is 1. The molecule has 0 heterocycles. The molecule has 5 nitrogen and oxygen atoms in total. The molecule has 0 atom stereocenters. The molecule has 0 spiro atoms. The number of nitrogens with two attached hydrogens (primary N) is 1. The predicted octanol–water partition coefficient (Wildman–Crippen LogP) is 1.82. The molecule has 0 aromatic heterocycles. The molecule has 0 aliphatic heterocycles. The number of anilines is 1. The van der Waals surface area contributed by atoms with Crippen LogP contribution in [-0.4, -0.2) is 26.2 Å². The van der Waals surface area contributed by atoms with E-state index in [4.69, 9.17) is 15.2 Å². The number of carbonyl (C=O) groups excluding carboxylic acids is 1. The highest BCUT2D eigenvalue weighted by molar-refractivity contribution is 5.81. The van der Waals surface area contributed by atoms with Crippen molar-refractivity contribution < 1.29 is 14.3 Å². The van der Waals surface area contributed by atoms with E-state index in [1.807, 2.05) is 20.8 Å². The highest BCUT2D eigenvalue weighted by Crippen LogP contribution is 2.28. The third kappa shape index (κ3) is 4.69. The van der Waals surface area contributed by atoms with E-state index in [0.717, 1.165) is 0 Å². The number of nitrogens with one attached hydrogen (secondary N) is 1. The van der Waals surface area contributed by atoms with Gasteiger partial charge in [0.1, 0.15) is 6.61 Å². The second-order valence-electron chi connectivity index (χ2n) is 5.26. The molecule has 1 amide bonds. The van der Waals surface area contributed by atoms with Crippen molar-refractivity contribution in [3.05, 3.63) is 18.2 Å². The molecule has 1 rings (SSSR count). The monoisotopic (exact) mass is 266 g/mol. The van der Waals surface area contributed by atoms with Gasteiger partial charge >= 0.3 is 0 Å². The Morgan fingerprint density at radius 2 is 2.00 bits per heavy atom. The first-order chi connectivity index (χ1) is 8.84. The van der Waals surface area contributed by atoms with Crippen LogP contribution in [0.4, 0.5) is 5.69 Å². The van der Waals surface area contributed by atoms with Crippen molar-refractivity contribution in [3.8, 4) is 11.5 Å². The van der Waals surface area contributed by atoms with Crippen LogP contribution in [0.25, 0.3) is 0 Å². The van der Waals surface area contributed by atoms with Gasteiger partial charge in [0.25, 0.3) is 0 Å². The van der Waals surface area contributed by atoms with Crippen LogP contribution in [0.5, 0.6) is 11.5 Å². The molecule has 1 aromatic rings. The summed E-state index contributed by atoms with van der Waals surface area (Å²) < 4.78 is 10.7. The minimum absolute atomic E-state index is 0.000344. The van der Waals surface area contributed by atoms with Crippen LogP contribution in [0, 0.1) is 5.41 Å². The van der Waals surface area contributed by atoms with Gasteiger partial charge in [-0.25, -0.2) is 0 Å². The first-order valence-electron chi connectivity index (χ1n) is 6.19. The number of ether oxygens (including phenoxy) is 2. The summed E-state index contributed by atoms with van der Waals surface area (Å²) in [5, 5.41) is 2.81. The third-order valence-corrected chi connectivity index (χ3v) is 2.51. The Balaban J connectivity index is 2.44. The minimum atomic E-state index is -0.390. The minimum Gasteiger partial charge on any atom is -0.493 e. The van der Waals surface area contributed by atoms with Gasteiger partial charge in [0, 0.05) is 17.2 Å². The molecule has 0 radical (unpaired) electrons. The van der Waals surface area contributed by atoms with E-state index in [1.165, 1.54) is 0 Å². The molecule has 1 aromatic carbocycles. The summed E-state index contributed by atoms with van der Waals surface area (Å²) in [6, 6.07) is 5.19. The van der Waals surface area contributed by atoms with Gasteiger partial charge in [0.2, 0.25) is 5.91 Å². The molecular weight excluding hydrogens is 244 g/mol. The van der Waals surface area contributed by atoms with Crippen LogP contribution in [-0.2, 0) is 4.79 Å². The smallest absolute Gasteiger partial charge is 0.225 e. The van der Waals surface area contributed by atoms with E-state index in [2.05, 4.69) is 5.32 Å². The SMILES string of the molecule is COc1cc(N)ccc1OCCNC(=O)C(C)(C)C. The summed E-state index contributed by atoms with van der Waals surface area (Å²) in [6.07, 6.45) is 0. The van der Waals surface area contributed by atoms with Crippen LogP contribution in [0.2, 0.25) is 0 Å². The summed E-state index contributed by atoms with van der Waals surface area (Å²) in [6.45, 7) is 6.43. The fraction of sp³-hybridized carbons (Fsp3) is 0.500. The van der Waals surface area contributed by atoms with Gasteiger partial charge < -0.3 is 20.5 Å². The molecule has 19 heavy (non-hydrogen) atoms. The van der Waals surface area contributed by atoms with Crippen molar-refractivity contribution in [2.24, 2.45) is 5.41 Å². The second kappa shape index (κ2) is 6.31. The Morgan fingerprint density at radius 1 is 1.32 bits per heavy atom. The topological polar surface area (TPSA) is 73.6 Å². The highest BCUT2D eigenvalue weighted by Gasteiger charge is 2.20. The average Bonchev–Trinajstić information content (AvgIpc) is 2.34. The number of benzene rings is 1. The van der Waals surface area contributed by atoms with Gasteiger partial charge in [0.05, 0.1) is 13.7 Å². The van der Waals surface area contributed by atoms with E-state index in [9.17, 15) is 4.79 Å². The third-order valence-electron chi connectivity index (χ3n) is 2.51. The summed E-state index contributed by atoms with van der Waals surface area (Å²) in [7, 11) is 1.56. The van der Waals surface area contributed by atoms with Crippen molar-refractivity contribution in [2.75, 3.05) is 26.0 Å². The molecule has 0 fully saturated rings. The number of rotatable bonds is 5. The normalized spacial score (nSPS) is 10.9. The quantitative estimate of drug-likeness (QED) is 0.630. The molecule has 0 bridgehead atoms. The highest BCUT2D eigenvalue weighted by atomic mass is 16.5. The number of methoxy groups -OCH3 is 1. The fourth-order valence-electron chi connectivity index (χ4n) is 1.39. The zero-order valence-corrected chi connectivity index (χ0v) is 11.9. The first-order valence-corrected chi connectivity index (χ1v) is 6.19. The summed E-state index contributed by atoms with van der Waals surface area (Å²) in [4.78, 5) is 11.6. The molecule has 0 saturated heterocycles. The predicted molar refractivity (Wildman–Crippen MR) is 75.4 cm³/mol. The maximum absolute atomic E-state index is 11.6. The standard InChI is InChI=1S/C14H22N2O3/c1-14(2,3)13(17)16-7-8-19-11-6-5-10(15)9-12(11)18-4/h5-6,9H,7-8,15H2,1-4H3,(H,16,17).